The summed E-state index contributed by atoms with van der Waals surface area (Å²) in [5.74, 6) is -2.45. The minimum absolute atomic E-state index is 0.00535. The highest BCUT2D eigenvalue weighted by molar-refractivity contribution is 7.89. The van der Waals surface area contributed by atoms with Crippen molar-refractivity contribution in [3.8, 4) is 11.5 Å². The summed E-state index contributed by atoms with van der Waals surface area (Å²) >= 11 is 0. The van der Waals surface area contributed by atoms with Gasteiger partial charge in [-0.1, -0.05) is 60.5 Å². The van der Waals surface area contributed by atoms with Crippen molar-refractivity contribution >= 4 is 33.4 Å². The van der Waals surface area contributed by atoms with Crippen molar-refractivity contribution in [3.63, 3.8) is 0 Å². The van der Waals surface area contributed by atoms with E-state index in [4.69, 9.17) is 28.9 Å². The highest BCUT2D eigenvalue weighted by Crippen LogP contribution is 2.62. The van der Waals surface area contributed by atoms with Gasteiger partial charge in [0.15, 0.2) is 0 Å². The first kappa shape index (κ1) is 47.9. The number of carbonyl (C=O) groups excluding carboxylic acids is 2. The fraction of sp³-hybridized carbons (Fsp3) is 0.490. The zero-order valence-corrected chi connectivity index (χ0v) is 38.0. The molecule has 2 fully saturated rings. The van der Waals surface area contributed by atoms with Crippen molar-refractivity contribution in [2.24, 2.45) is 22.9 Å². The molecule has 4 aliphatic rings. The molecular weight excluding hydrogens is 853 g/mol. The number of carbonyl (C=O) groups is 2. The van der Waals surface area contributed by atoms with E-state index >= 15 is 0 Å². The van der Waals surface area contributed by atoms with Crippen LogP contribution in [0.3, 0.4) is 0 Å². The van der Waals surface area contributed by atoms with Crippen LogP contribution in [-0.2, 0) is 35.7 Å². The van der Waals surface area contributed by atoms with Gasteiger partial charge in [0, 0.05) is 63.7 Å². The van der Waals surface area contributed by atoms with Gasteiger partial charge >= 0.3 is 6.09 Å². The van der Waals surface area contributed by atoms with Gasteiger partial charge in [0.25, 0.3) is 0 Å². The molecule has 15 nitrogen and oxygen atoms in total. The van der Waals surface area contributed by atoms with E-state index in [2.05, 4.69) is 23.3 Å². The average molecular weight is 915 g/mol. The number of oxime groups is 1. The predicted molar refractivity (Wildman–Crippen MR) is 245 cm³/mol. The SMILES string of the molecule is C=CCO[C@@]12Oc3ccc(OC(=O)NCc4ccccc4)cc3[C@H]3[C@H](CCCCO)[C@@H](CCCCO)C=C(C(=NOC4CCCCO4)C[C@@H]1N(C)S(=O)(=O)c1ccc(NC(C)=O)cc1)[C@H]32. The molecular formula is C49H62N4O11S. The van der Waals surface area contributed by atoms with Crippen LogP contribution in [0, 0.1) is 17.8 Å². The third kappa shape index (κ3) is 11.0. The minimum atomic E-state index is -4.28. The van der Waals surface area contributed by atoms with Crippen LogP contribution in [0.25, 0.3) is 0 Å². The Hall–Kier alpha value is -5.10. The fourth-order valence-electron chi connectivity index (χ4n) is 9.84. The second-order valence-corrected chi connectivity index (χ2v) is 19.1. The zero-order chi connectivity index (χ0) is 46.0. The second kappa shape index (κ2) is 21.9. The van der Waals surface area contributed by atoms with Crippen LogP contribution in [0.4, 0.5) is 10.5 Å². The van der Waals surface area contributed by atoms with Crippen LogP contribution in [-0.4, -0.2) is 92.2 Å². The van der Waals surface area contributed by atoms with Crippen molar-refractivity contribution < 1.29 is 52.0 Å². The lowest BCUT2D eigenvalue weighted by molar-refractivity contribution is -0.250. The van der Waals surface area contributed by atoms with E-state index in [9.17, 15) is 28.2 Å². The number of nitrogens with zero attached hydrogens (tertiary/aromatic N) is 2. The van der Waals surface area contributed by atoms with Gasteiger partial charge in [-0.15, -0.1) is 6.58 Å². The van der Waals surface area contributed by atoms with Gasteiger partial charge < -0.3 is 44.6 Å². The number of hydrogen-bond donors (Lipinski definition) is 4. The Morgan fingerprint density at radius 1 is 1.00 bits per heavy atom. The second-order valence-electron chi connectivity index (χ2n) is 17.1. The molecule has 1 unspecified atom stereocenters. The molecule has 3 aromatic rings. The molecule has 7 rings (SSSR count). The van der Waals surface area contributed by atoms with Crippen LogP contribution in [0.1, 0.15) is 88.2 Å². The molecule has 2 amide bonds. The molecule has 2 aliphatic carbocycles. The van der Waals surface area contributed by atoms with E-state index in [0.29, 0.717) is 61.6 Å². The first-order valence-electron chi connectivity index (χ1n) is 22.7. The van der Waals surface area contributed by atoms with Crippen LogP contribution >= 0.6 is 0 Å². The average Bonchev–Trinajstić information content (AvgIpc) is 3.31. The normalized spacial score (nSPS) is 25.4. The summed E-state index contributed by atoms with van der Waals surface area (Å²) in [6.07, 6.45) is 9.17. The molecule has 0 bridgehead atoms. The summed E-state index contributed by atoms with van der Waals surface area (Å²) in [6, 6.07) is 19.7. The fourth-order valence-corrected chi connectivity index (χ4v) is 11.2. The largest absolute Gasteiger partial charge is 0.460 e. The Balaban J connectivity index is 1.38. The van der Waals surface area contributed by atoms with E-state index in [1.165, 1.54) is 30.4 Å². The molecule has 1 saturated heterocycles. The Morgan fingerprint density at radius 3 is 2.45 bits per heavy atom. The quantitative estimate of drug-likeness (QED) is 0.0501. The summed E-state index contributed by atoms with van der Waals surface area (Å²) < 4.78 is 57.1. The first-order valence-corrected chi connectivity index (χ1v) is 24.1. The Morgan fingerprint density at radius 2 is 1.75 bits per heavy atom. The number of aliphatic hydroxyl groups excluding tert-OH is 2. The molecule has 3 aromatic carbocycles. The maximum Gasteiger partial charge on any atom is 0.412 e. The number of amides is 2. The van der Waals surface area contributed by atoms with Crippen molar-refractivity contribution in [1.82, 2.24) is 9.62 Å². The molecule has 0 aromatic heterocycles. The number of benzene rings is 3. The van der Waals surface area contributed by atoms with E-state index in [0.717, 1.165) is 42.4 Å². The standard InChI is InChI=1S/C49H62N4O11S/c1-4-27-61-49-44(53(3)65(58,59)38-22-19-36(20-23-38)51-33(2)56)31-42(52-64-45-18-10-13-28-60-45)40-29-35(16-8-11-25-54)39(17-9-12-26-55)46(47(40)49)41-30-37(21-24-43(41)63-49)62-48(57)50-32-34-14-6-5-7-15-34/h4-7,14-15,19-24,29-30,35,39,44-47,54-55H,1,8-13,16-18,25-28,31-32H2,2-3H3,(H,50,57)(H,51,56)/t35-,39+,44-,45?,46+,47+,49+/m0/s1. The van der Waals surface area contributed by atoms with Crippen LogP contribution in [0.5, 0.6) is 11.5 Å². The molecule has 0 radical (unpaired) electrons. The minimum Gasteiger partial charge on any atom is -0.460 e. The number of aliphatic hydroxyl groups is 2. The number of hydrogen-bond acceptors (Lipinski definition) is 12. The molecule has 0 spiro atoms. The maximum atomic E-state index is 14.9. The van der Waals surface area contributed by atoms with Crippen molar-refractivity contribution in [2.45, 2.75) is 107 Å². The lowest BCUT2D eigenvalue weighted by Gasteiger charge is -2.59. The molecule has 350 valence electrons. The topological polar surface area (TPSA) is 195 Å². The lowest BCUT2D eigenvalue weighted by Crippen LogP contribution is -2.69. The zero-order valence-electron chi connectivity index (χ0n) is 37.2. The molecule has 1 saturated carbocycles. The Bertz CT molecular complexity index is 2280. The number of likely N-dealkylation sites (N-methyl/N-ethyl adjacent to an activating group) is 1. The number of rotatable bonds is 20. The maximum absolute atomic E-state index is 14.9. The smallest absolute Gasteiger partial charge is 0.412 e. The van der Waals surface area contributed by atoms with E-state index < -0.39 is 46.1 Å². The third-order valence-electron chi connectivity index (χ3n) is 12.8. The Labute approximate surface area is 381 Å². The summed E-state index contributed by atoms with van der Waals surface area (Å²) in [5, 5.41) is 30.2. The van der Waals surface area contributed by atoms with E-state index in [1.54, 1.807) is 30.3 Å². The lowest BCUT2D eigenvalue weighted by atomic mass is 9.55. The summed E-state index contributed by atoms with van der Waals surface area (Å²) in [4.78, 5) is 31.2. The van der Waals surface area contributed by atoms with E-state index in [1.807, 2.05) is 36.4 Å². The third-order valence-corrected chi connectivity index (χ3v) is 14.7. The van der Waals surface area contributed by atoms with Crippen LogP contribution in [0.15, 0.2) is 107 Å². The van der Waals surface area contributed by atoms with Gasteiger partial charge in [0.2, 0.25) is 28.0 Å². The van der Waals surface area contributed by atoms with Crippen LogP contribution in [0.2, 0.25) is 0 Å². The van der Waals surface area contributed by atoms with Crippen molar-refractivity contribution in [3.05, 3.63) is 108 Å². The number of sulfonamides is 1. The number of allylic oxidation sites excluding steroid dienone is 1. The van der Waals surface area contributed by atoms with Gasteiger partial charge in [0.05, 0.1) is 35.8 Å². The molecule has 4 N–H and O–H groups in total. The highest BCUT2D eigenvalue weighted by atomic mass is 32.2. The number of unbranched alkanes of at least 4 members (excludes halogenated alkanes) is 2. The van der Waals surface area contributed by atoms with Gasteiger partial charge in [-0.05, 0) is 104 Å². The molecule has 2 heterocycles. The number of fused-ring (bicyclic) bond motifs is 2. The van der Waals surface area contributed by atoms with Gasteiger partial charge in [-0.25, -0.2) is 13.2 Å². The summed E-state index contributed by atoms with van der Waals surface area (Å²) in [5.41, 5.74) is 3.44. The van der Waals surface area contributed by atoms with Gasteiger partial charge in [-0.2, -0.15) is 4.31 Å². The summed E-state index contributed by atoms with van der Waals surface area (Å²) in [6.45, 7) is 6.23. The number of nitrogens with one attached hydrogen (secondary N) is 2. The highest BCUT2D eigenvalue weighted by Gasteiger charge is 2.65. The Kier molecular flexibility index (Phi) is 16.1. The molecule has 65 heavy (non-hydrogen) atoms. The molecule has 2 aliphatic heterocycles. The van der Waals surface area contributed by atoms with Gasteiger partial charge in [0.1, 0.15) is 11.5 Å². The van der Waals surface area contributed by atoms with Gasteiger partial charge in [-0.3, -0.25) is 4.79 Å². The number of anilines is 1. The molecule has 7 atom stereocenters. The van der Waals surface area contributed by atoms with Crippen LogP contribution < -0.4 is 20.1 Å². The monoisotopic (exact) mass is 914 g/mol. The van der Waals surface area contributed by atoms with Crippen molar-refractivity contribution in [2.75, 3.05) is 38.8 Å². The van der Waals surface area contributed by atoms with E-state index in [-0.39, 0.29) is 55.4 Å². The number of ether oxygens (including phenoxy) is 4. The van der Waals surface area contributed by atoms with Crippen molar-refractivity contribution in [1.29, 1.82) is 0 Å². The summed E-state index contributed by atoms with van der Waals surface area (Å²) in [7, 11) is -2.77. The predicted octanol–water partition coefficient (Wildman–Crippen LogP) is 7.41. The first-order chi connectivity index (χ1) is 31.5. The molecule has 16 heteroatoms.